The fourth-order valence-electron chi connectivity index (χ4n) is 2.52. The Bertz CT molecular complexity index is 201. The summed E-state index contributed by atoms with van der Waals surface area (Å²) in [5.41, 5.74) is 6.27. The Morgan fingerprint density at radius 1 is 1.38 bits per heavy atom. The lowest BCUT2D eigenvalue weighted by Gasteiger charge is -2.42. The molecule has 0 aromatic rings. The van der Waals surface area contributed by atoms with Crippen molar-refractivity contribution in [3.05, 3.63) is 0 Å². The molecule has 0 bridgehead atoms. The molecule has 0 heterocycles. The van der Waals surface area contributed by atoms with E-state index in [-0.39, 0.29) is 5.54 Å². The second-order valence-corrected chi connectivity index (χ2v) is 5.90. The highest BCUT2D eigenvalue weighted by atomic mass is 15.2. The first-order chi connectivity index (χ1) is 7.55. The van der Waals surface area contributed by atoms with E-state index in [4.69, 9.17) is 5.73 Å². The first-order valence-electron chi connectivity index (χ1n) is 7.00. The minimum Gasteiger partial charge on any atom is -0.329 e. The van der Waals surface area contributed by atoms with Gasteiger partial charge >= 0.3 is 0 Å². The van der Waals surface area contributed by atoms with Gasteiger partial charge < -0.3 is 5.73 Å². The van der Waals surface area contributed by atoms with Crippen LogP contribution in [0.1, 0.15) is 53.4 Å². The van der Waals surface area contributed by atoms with Gasteiger partial charge in [0.05, 0.1) is 0 Å². The first-order valence-corrected chi connectivity index (χ1v) is 7.00. The fourth-order valence-corrected chi connectivity index (χ4v) is 2.52. The molecular formula is C14H30N2. The van der Waals surface area contributed by atoms with Crippen molar-refractivity contribution in [2.45, 2.75) is 58.9 Å². The van der Waals surface area contributed by atoms with Gasteiger partial charge in [-0.2, -0.15) is 0 Å². The summed E-state index contributed by atoms with van der Waals surface area (Å²) in [5.74, 6) is 1.74. The standard InChI is InChI=1S/C14H30N2/c1-5-12(3)10-16(6-2)14(4,11-15)9-13-7-8-13/h12-13H,5-11,15H2,1-4H3. The first kappa shape index (κ1) is 14.0. The average molecular weight is 226 g/mol. The molecule has 2 N–H and O–H groups in total. The van der Waals surface area contributed by atoms with Crippen molar-refractivity contribution in [1.82, 2.24) is 4.90 Å². The zero-order chi connectivity index (χ0) is 12.2. The van der Waals surface area contributed by atoms with Gasteiger partial charge in [0.25, 0.3) is 0 Å². The Kier molecular flexibility index (Phi) is 5.26. The quantitative estimate of drug-likeness (QED) is 0.689. The molecule has 0 amide bonds. The third-order valence-electron chi connectivity index (χ3n) is 4.24. The van der Waals surface area contributed by atoms with Gasteiger partial charge in [-0.25, -0.2) is 0 Å². The number of nitrogens with two attached hydrogens (primary N) is 1. The van der Waals surface area contributed by atoms with Crippen molar-refractivity contribution in [3.63, 3.8) is 0 Å². The Morgan fingerprint density at radius 3 is 2.38 bits per heavy atom. The number of nitrogens with zero attached hydrogens (tertiary/aromatic N) is 1. The zero-order valence-corrected chi connectivity index (χ0v) is 11.6. The average Bonchev–Trinajstić information content (AvgIpc) is 3.08. The van der Waals surface area contributed by atoms with Gasteiger partial charge in [-0.15, -0.1) is 0 Å². The summed E-state index contributed by atoms with van der Waals surface area (Å²) in [6.45, 7) is 12.4. The summed E-state index contributed by atoms with van der Waals surface area (Å²) in [7, 11) is 0. The second kappa shape index (κ2) is 6.02. The van der Waals surface area contributed by atoms with Crippen LogP contribution in [0.25, 0.3) is 0 Å². The van der Waals surface area contributed by atoms with E-state index in [0.717, 1.165) is 24.9 Å². The van der Waals surface area contributed by atoms with Gasteiger partial charge in [0.15, 0.2) is 0 Å². The summed E-state index contributed by atoms with van der Waals surface area (Å²) < 4.78 is 0. The Labute approximate surface area is 102 Å². The van der Waals surface area contributed by atoms with Crippen molar-refractivity contribution in [1.29, 1.82) is 0 Å². The molecule has 96 valence electrons. The van der Waals surface area contributed by atoms with Crippen LogP contribution in [0.15, 0.2) is 0 Å². The van der Waals surface area contributed by atoms with Crippen LogP contribution in [0.2, 0.25) is 0 Å². The molecule has 0 aromatic heterocycles. The lowest BCUT2D eigenvalue weighted by atomic mass is 9.91. The molecule has 2 heteroatoms. The van der Waals surface area contributed by atoms with Crippen molar-refractivity contribution >= 4 is 0 Å². The molecule has 1 saturated carbocycles. The molecule has 2 unspecified atom stereocenters. The predicted molar refractivity (Wildman–Crippen MR) is 71.5 cm³/mol. The van der Waals surface area contributed by atoms with Crippen LogP contribution in [0.3, 0.4) is 0 Å². The number of hydrogen-bond acceptors (Lipinski definition) is 2. The maximum atomic E-state index is 6.04. The fraction of sp³-hybridized carbons (Fsp3) is 1.00. The van der Waals surface area contributed by atoms with E-state index in [1.165, 1.54) is 32.2 Å². The van der Waals surface area contributed by atoms with E-state index in [1.807, 2.05) is 0 Å². The third kappa shape index (κ3) is 3.74. The Hall–Kier alpha value is -0.0800. The molecule has 1 rings (SSSR count). The third-order valence-corrected chi connectivity index (χ3v) is 4.24. The normalized spacial score (nSPS) is 22.1. The maximum Gasteiger partial charge on any atom is 0.0306 e. The topological polar surface area (TPSA) is 29.3 Å². The van der Waals surface area contributed by atoms with Crippen LogP contribution in [-0.4, -0.2) is 30.1 Å². The smallest absolute Gasteiger partial charge is 0.0306 e. The molecular weight excluding hydrogens is 196 g/mol. The van der Waals surface area contributed by atoms with Crippen molar-refractivity contribution in [2.75, 3.05) is 19.6 Å². The summed E-state index contributed by atoms with van der Waals surface area (Å²) in [6.07, 6.45) is 5.42. The van der Waals surface area contributed by atoms with E-state index in [2.05, 4.69) is 32.6 Å². The van der Waals surface area contributed by atoms with Crippen molar-refractivity contribution in [3.8, 4) is 0 Å². The maximum absolute atomic E-state index is 6.04. The van der Waals surface area contributed by atoms with Gasteiger partial charge in [0.1, 0.15) is 0 Å². The van der Waals surface area contributed by atoms with Gasteiger partial charge in [0, 0.05) is 18.6 Å². The van der Waals surface area contributed by atoms with Gasteiger partial charge in [-0.05, 0) is 31.7 Å². The minimum absolute atomic E-state index is 0.235. The van der Waals surface area contributed by atoms with Gasteiger partial charge in [-0.1, -0.05) is 40.0 Å². The van der Waals surface area contributed by atoms with Crippen LogP contribution < -0.4 is 5.73 Å². The van der Waals surface area contributed by atoms with Gasteiger partial charge in [0.2, 0.25) is 0 Å². The zero-order valence-electron chi connectivity index (χ0n) is 11.6. The molecule has 0 aliphatic heterocycles. The second-order valence-electron chi connectivity index (χ2n) is 5.90. The molecule has 1 aliphatic rings. The summed E-state index contributed by atoms with van der Waals surface area (Å²) in [5, 5.41) is 0. The highest BCUT2D eigenvalue weighted by molar-refractivity contribution is 4.93. The van der Waals surface area contributed by atoms with E-state index in [1.54, 1.807) is 0 Å². The summed E-state index contributed by atoms with van der Waals surface area (Å²) >= 11 is 0. The SMILES string of the molecule is CCC(C)CN(CC)C(C)(CN)CC1CC1. The molecule has 2 nitrogen and oxygen atoms in total. The lowest BCUT2D eigenvalue weighted by molar-refractivity contribution is 0.0850. The molecule has 2 atom stereocenters. The molecule has 1 fully saturated rings. The lowest BCUT2D eigenvalue weighted by Crippen LogP contribution is -2.53. The van der Waals surface area contributed by atoms with E-state index in [0.29, 0.717) is 0 Å². The predicted octanol–water partition coefficient (Wildman–Crippen LogP) is 2.87. The Balaban J connectivity index is 2.57. The van der Waals surface area contributed by atoms with E-state index < -0.39 is 0 Å². The molecule has 0 spiro atoms. The minimum atomic E-state index is 0.235. The number of hydrogen-bond donors (Lipinski definition) is 1. The highest BCUT2D eigenvalue weighted by Gasteiger charge is 2.36. The monoisotopic (exact) mass is 226 g/mol. The van der Waals surface area contributed by atoms with E-state index >= 15 is 0 Å². The Morgan fingerprint density at radius 2 is 2.00 bits per heavy atom. The molecule has 16 heavy (non-hydrogen) atoms. The summed E-state index contributed by atoms with van der Waals surface area (Å²) in [6, 6.07) is 0. The molecule has 0 saturated heterocycles. The van der Waals surface area contributed by atoms with E-state index in [9.17, 15) is 0 Å². The molecule has 0 aromatic carbocycles. The van der Waals surface area contributed by atoms with Crippen LogP contribution in [0, 0.1) is 11.8 Å². The van der Waals surface area contributed by atoms with Crippen molar-refractivity contribution in [2.24, 2.45) is 17.6 Å². The number of rotatable bonds is 8. The van der Waals surface area contributed by atoms with Crippen LogP contribution in [0.5, 0.6) is 0 Å². The van der Waals surface area contributed by atoms with Crippen LogP contribution in [0.4, 0.5) is 0 Å². The molecule has 0 radical (unpaired) electrons. The highest BCUT2D eigenvalue weighted by Crippen LogP contribution is 2.38. The molecule has 1 aliphatic carbocycles. The number of likely N-dealkylation sites (N-methyl/N-ethyl adjacent to an activating group) is 1. The van der Waals surface area contributed by atoms with Crippen molar-refractivity contribution < 1.29 is 0 Å². The van der Waals surface area contributed by atoms with Gasteiger partial charge in [-0.3, -0.25) is 4.90 Å². The van der Waals surface area contributed by atoms with Crippen LogP contribution >= 0.6 is 0 Å². The summed E-state index contributed by atoms with van der Waals surface area (Å²) in [4.78, 5) is 2.61. The van der Waals surface area contributed by atoms with Crippen LogP contribution in [-0.2, 0) is 0 Å². The largest absolute Gasteiger partial charge is 0.329 e.